The van der Waals surface area contributed by atoms with E-state index >= 15 is 0 Å². The Morgan fingerprint density at radius 2 is 1.88 bits per heavy atom. The fraction of sp³-hybridized carbons (Fsp3) is 0.316. The Morgan fingerprint density at radius 1 is 1.12 bits per heavy atom. The number of carbonyl (C=O) groups is 1. The van der Waals surface area contributed by atoms with E-state index in [9.17, 15) is 4.79 Å². The predicted molar refractivity (Wildman–Crippen MR) is 93.0 cm³/mol. The summed E-state index contributed by atoms with van der Waals surface area (Å²) >= 11 is 0. The van der Waals surface area contributed by atoms with Crippen LogP contribution in [-0.2, 0) is 13.0 Å². The van der Waals surface area contributed by atoms with Gasteiger partial charge in [-0.2, -0.15) is 0 Å². The molecule has 0 unspecified atom stereocenters. The van der Waals surface area contributed by atoms with Crippen molar-refractivity contribution < 1.29 is 19.0 Å². The zero-order valence-corrected chi connectivity index (χ0v) is 14.5. The van der Waals surface area contributed by atoms with Gasteiger partial charge in [0.05, 0.1) is 12.7 Å². The van der Waals surface area contributed by atoms with E-state index in [2.05, 4.69) is 18.3 Å². The zero-order valence-electron chi connectivity index (χ0n) is 14.5. The van der Waals surface area contributed by atoms with Crippen LogP contribution in [0.5, 0.6) is 17.2 Å². The van der Waals surface area contributed by atoms with Crippen LogP contribution in [0.25, 0.3) is 0 Å². The van der Waals surface area contributed by atoms with E-state index < -0.39 is 6.09 Å². The van der Waals surface area contributed by atoms with Crippen molar-refractivity contribution in [2.24, 2.45) is 0 Å². The number of benzene rings is 2. The minimum Gasteiger partial charge on any atom is -0.496 e. The number of rotatable bonds is 6. The third kappa shape index (κ3) is 4.19. The van der Waals surface area contributed by atoms with Gasteiger partial charge in [0.2, 0.25) is 0 Å². The summed E-state index contributed by atoms with van der Waals surface area (Å²) in [4.78, 5) is 11.5. The van der Waals surface area contributed by atoms with Crippen LogP contribution in [0.1, 0.15) is 23.6 Å². The molecule has 0 atom stereocenters. The summed E-state index contributed by atoms with van der Waals surface area (Å²) in [6.45, 7) is 4.37. The Kier molecular flexibility index (Phi) is 6.07. The van der Waals surface area contributed by atoms with E-state index in [0.29, 0.717) is 17.1 Å². The molecule has 5 nitrogen and oxygen atoms in total. The molecule has 2 aromatic rings. The Bertz CT molecular complexity index is 713. The van der Waals surface area contributed by atoms with Crippen LogP contribution in [0.3, 0.4) is 0 Å². The summed E-state index contributed by atoms with van der Waals surface area (Å²) in [6.07, 6.45) is 0.450. The molecule has 0 heterocycles. The number of hydrogen-bond donors (Lipinski definition) is 1. The maximum Gasteiger partial charge on any atom is 0.412 e. The highest BCUT2D eigenvalue weighted by molar-refractivity contribution is 5.70. The molecule has 0 radical (unpaired) electrons. The second-order valence-corrected chi connectivity index (χ2v) is 5.32. The van der Waals surface area contributed by atoms with Crippen LogP contribution in [-0.4, -0.2) is 20.3 Å². The molecule has 0 bridgehead atoms. The highest BCUT2D eigenvalue weighted by Crippen LogP contribution is 2.30. The zero-order chi connectivity index (χ0) is 17.5. The Balaban J connectivity index is 2.23. The molecular weight excluding hydrogens is 306 g/mol. The number of aryl methyl sites for hydroxylation is 2. The third-order valence-corrected chi connectivity index (χ3v) is 3.74. The topological polar surface area (TPSA) is 56.8 Å². The van der Waals surface area contributed by atoms with E-state index in [1.807, 2.05) is 25.1 Å². The molecule has 0 spiro atoms. The molecule has 0 aromatic heterocycles. The number of ether oxygens (including phenoxy) is 3. The standard InChI is InChI=1S/C19H23NO4/c1-5-14-9-10-16(13(2)11-14)23-12-15-17(22-4)7-6-8-18(15)24-19(21)20-3/h6-11H,5,12H2,1-4H3,(H,20,21). The minimum absolute atomic E-state index is 0.239. The molecule has 2 aromatic carbocycles. The molecule has 5 heteroatoms. The quantitative estimate of drug-likeness (QED) is 0.874. The van der Waals surface area contributed by atoms with Crippen LogP contribution in [0.4, 0.5) is 4.79 Å². The van der Waals surface area contributed by atoms with Gasteiger partial charge in [0.15, 0.2) is 0 Å². The van der Waals surface area contributed by atoms with Crippen molar-refractivity contribution >= 4 is 6.09 Å². The number of hydrogen-bond acceptors (Lipinski definition) is 4. The predicted octanol–water partition coefficient (Wildman–Crippen LogP) is 3.86. The molecule has 128 valence electrons. The molecule has 1 N–H and O–H groups in total. The number of carbonyl (C=O) groups excluding carboxylic acids is 1. The van der Waals surface area contributed by atoms with Crippen molar-refractivity contribution in [3.8, 4) is 17.2 Å². The van der Waals surface area contributed by atoms with Crippen molar-refractivity contribution in [3.05, 3.63) is 53.1 Å². The first-order valence-corrected chi connectivity index (χ1v) is 7.86. The third-order valence-electron chi connectivity index (χ3n) is 3.74. The van der Waals surface area contributed by atoms with E-state index in [0.717, 1.165) is 17.7 Å². The smallest absolute Gasteiger partial charge is 0.412 e. The summed E-state index contributed by atoms with van der Waals surface area (Å²) in [5.41, 5.74) is 3.02. The largest absolute Gasteiger partial charge is 0.496 e. The second kappa shape index (κ2) is 8.24. The summed E-state index contributed by atoms with van der Waals surface area (Å²) in [7, 11) is 3.08. The van der Waals surface area contributed by atoms with Gasteiger partial charge in [0, 0.05) is 7.05 Å². The van der Waals surface area contributed by atoms with Gasteiger partial charge in [0.1, 0.15) is 23.9 Å². The first-order chi connectivity index (χ1) is 11.6. The molecule has 0 saturated carbocycles. The lowest BCUT2D eigenvalue weighted by atomic mass is 10.1. The maximum atomic E-state index is 11.5. The van der Waals surface area contributed by atoms with Crippen LogP contribution in [0, 0.1) is 6.92 Å². The molecule has 0 aliphatic heterocycles. The normalized spacial score (nSPS) is 10.2. The summed E-state index contributed by atoms with van der Waals surface area (Å²) in [5, 5.41) is 2.43. The molecule has 2 rings (SSSR count). The summed E-state index contributed by atoms with van der Waals surface area (Å²) < 4.78 is 16.6. The van der Waals surface area contributed by atoms with E-state index in [4.69, 9.17) is 14.2 Å². The van der Waals surface area contributed by atoms with E-state index in [-0.39, 0.29) is 6.61 Å². The number of amides is 1. The van der Waals surface area contributed by atoms with Crippen molar-refractivity contribution in [1.29, 1.82) is 0 Å². The van der Waals surface area contributed by atoms with Crippen LogP contribution in [0.2, 0.25) is 0 Å². The highest BCUT2D eigenvalue weighted by Gasteiger charge is 2.14. The lowest BCUT2D eigenvalue weighted by Gasteiger charge is -2.15. The molecule has 0 aliphatic carbocycles. The summed E-state index contributed by atoms with van der Waals surface area (Å²) in [6, 6.07) is 11.4. The second-order valence-electron chi connectivity index (χ2n) is 5.32. The van der Waals surface area contributed by atoms with Gasteiger partial charge in [-0.25, -0.2) is 4.79 Å². The van der Waals surface area contributed by atoms with Gasteiger partial charge in [-0.05, 0) is 42.7 Å². The van der Waals surface area contributed by atoms with Crippen molar-refractivity contribution in [2.45, 2.75) is 26.9 Å². The number of nitrogens with one attached hydrogen (secondary N) is 1. The van der Waals surface area contributed by atoms with Gasteiger partial charge >= 0.3 is 6.09 Å². The van der Waals surface area contributed by atoms with Gasteiger partial charge in [-0.1, -0.05) is 25.1 Å². The fourth-order valence-electron chi connectivity index (χ4n) is 2.37. The van der Waals surface area contributed by atoms with Crippen LogP contribution in [0.15, 0.2) is 36.4 Å². The van der Waals surface area contributed by atoms with Crippen LogP contribution >= 0.6 is 0 Å². The average molecular weight is 329 g/mol. The lowest BCUT2D eigenvalue weighted by Crippen LogP contribution is -2.22. The Labute approximate surface area is 142 Å². The summed E-state index contributed by atoms with van der Waals surface area (Å²) in [5.74, 6) is 1.82. The molecule has 1 amide bonds. The highest BCUT2D eigenvalue weighted by atomic mass is 16.6. The molecular formula is C19H23NO4. The first kappa shape index (κ1) is 17.7. The Morgan fingerprint density at radius 3 is 2.50 bits per heavy atom. The molecule has 24 heavy (non-hydrogen) atoms. The van der Waals surface area contributed by atoms with Crippen molar-refractivity contribution in [2.75, 3.05) is 14.2 Å². The van der Waals surface area contributed by atoms with Gasteiger partial charge in [-0.15, -0.1) is 0 Å². The Hall–Kier alpha value is -2.69. The maximum absolute atomic E-state index is 11.5. The SMILES string of the molecule is CCc1ccc(OCc2c(OC)cccc2OC(=O)NC)c(C)c1. The number of methoxy groups -OCH3 is 1. The minimum atomic E-state index is -0.534. The molecule has 0 fully saturated rings. The average Bonchev–Trinajstić information content (AvgIpc) is 2.60. The van der Waals surface area contributed by atoms with E-state index in [1.54, 1.807) is 19.2 Å². The molecule has 0 aliphatic rings. The van der Waals surface area contributed by atoms with Crippen molar-refractivity contribution in [3.63, 3.8) is 0 Å². The monoisotopic (exact) mass is 329 g/mol. The van der Waals surface area contributed by atoms with Gasteiger partial charge < -0.3 is 19.5 Å². The van der Waals surface area contributed by atoms with Crippen LogP contribution < -0.4 is 19.5 Å². The van der Waals surface area contributed by atoms with E-state index in [1.165, 1.54) is 12.6 Å². The molecule has 0 saturated heterocycles. The van der Waals surface area contributed by atoms with Gasteiger partial charge in [-0.3, -0.25) is 0 Å². The van der Waals surface area contributed by atoms with Gasteiger partial charge in [0.25, 0.3) is 0 Å². The fourth-order valence-corrected chi connectivity index (χ4v) is 2.37. The van der Waals surface area contributed by atoms with Crippen molar-refractivity contribution in [1.82, 2.24) is 5.32 Å². The lowest BCUT2D eigenvalue weighted by molar-refractivity contribution is 0.200. The first-order valence-electron chi connectivity index (χ1n) is 7.86.